The molecule has 2 rings (SSSR count). The zero-order valence-electron chi connectivity index (χ0n) is 10.1. The van der Waals surface area contributed by atoms with Crippen molar-refractivity contribution < 1.29 is 4.74 Å². The average molecular weight is 256 g/mol. The van der Waals surface area contributed by atoms with E-state index in [0.29, 0.717) is 17.9 Å². The van der Waals surface area contributed by atoms with Crippen LogP contribution in [0.5, 0.6) is 5.88 Å². The Bertz CT molecular complexity index is 353. The summed E-state index contributed by atoms with van der Waals surface area (Å²) < 4.78 is 5.50. The molecule has 0 saturated carbocycles. The number of anilines is 1. The second kappa shape index (κ2) is 6.05. The third-order valence-corrected chi connectivity index (χ3v) is 3.22. The fourth-order valence-corrected chi connectivity index (χ4v) is 2.01. The first-order valence-corrected chi connectivity index (χ1v) is 6.58. The maximum absolute atomic E-state index is 6.08. The number of aromatic nitrogens is 2. The van der Waals surface area contributed by atoms with Crippen LogP contribution in [0.1, 0.15) is 26.2 Å². The molecule has 0 spiro atoms. The van der Waals surface area contributed by atoms with Crippen LogP contribution >= 0.6 is 11.6 Å². The molecule has 0 amide bonds. The van der Waals surface area contributed by atoms with E-state index < -0.39 is 0 Å². The number of rotatable bonds is 4. The van der Waals surface area contributed by atoms with Gasteiger partial charge in [0.05, 0.1) is 6.61 Å². The molecule has 0 aliphatic carbocycles. The summed E-state index contributed by atoms with van der Waals surface area (Å²) in [5.74, 6) is 1.41. The van der Waals surface area contributed by atoms with Crippen LogP contribution in [0.25, 0.3) is 0 Å². The van der Waals surface area contributed by atoms with Gasteiger partial charge in [-0.1, -0.05) is 6.92 Å². The highest BCUT2D eigenvalue weighted by molar-refractivity contribution is 6.20. The highest BCUT2D eigenvalue weighted by atomic mass is 35.5. The van der Waals surface area contributed by atoms with Crippen molar-refractivity contribution in [1.29, 1.82) is 0 Å². The summed E-state index contributed by atoms with van der Waals surface area (Å²) in [4.78, 5) is 10.9. The Balaban J connectivity index is 2.00. The molecule has 2 heterocycles. The fraction of sp³-hybridized carbons (Fsp3) is 0.667. The van der Waals surface area contributed by atoms with E-state index in [1.54, 1.807) is 12.3 Å². The van der Waals surface area contributed by atoms with Crippen molar-refractivity contribution in [3.63, 3.8) is 0 Å². The van der Waals surface area contributed by atoms with E-state index >= 15 is 0 Å². The van der Waals surface area contributed by atoms with Gasteiger partial charge in [-0.25, -0.2) is 4.98 Å². The molecule has 0 aromatic carbocycles. The van der Waals surface area contributed by atoms with Gasteiger partial charge in [0.15, 0.2) is 0 Å². The van der Waals surface area contributed by atoms with Crippen molar-refractivity contribution in [2.75, 3.05) is 24.6 Å². The van der Waals surface area contributed by atoms with Crippen molar-refractivity contribution >= 4 is 17.5 Å². The lowest BCUT2D eigenvalue weighted by molar-refractivity contribution is 0.304. The van der Waals surface area contributed by atoms with E-state index in [-0.39, 0.29) is 0 Å². The highest BCUT2D eigenvalue weighted by Crippen LogP contribution is 2.20. The molecular formula is C12H18ClN3O. The molecule has 1 aliphatic heterocycles. The topological polar surface area (TPSA) is 38.2 Å². The predicted octanol–water partition coefficient (Wildman–Crippen LogP) is 2.47. The zero-order chi connectivity index (χ0) is 12.1. The minimum absolute atomic E-state index is 0.297. The maximum Gasteiger partial charge on any atom is 0.228 e. The van der Waals surface area contributed by atoms with Gasteiger partial charge in [0.1, 0.15) is 0 Å². The summed E-state index contributed by atoms with van der Waals surface area (Å²) in [6, 6.07) is 1.80. The summed E-state index contributed by atoms with van der Waals surface area (Å²) >= 11 is 6.08. The van der Waals surface area contributed by atoms with Crippen LogP contribution < -0.4 is 9.64 Å². The number of ether oxygens (including phenoxy) is 1. The van der Waals surface area contributed by atoms with Crippen LogP contribution in [0.15, 0.2) is 12.3 Å². The van der Waals surface area contributed by atoms with E-state index in [9.17, 15) is 0 Å². The maximum atomic E-state index is 6.08. The van der Waals surface area contributed by atoms with Gasteiger partial charge in [0.2, 0.25) is 11.8 Å². The van der Waals surface area contributed by atoms with Crippen LogP contribution in [0.3, 0.4) is 0 Å². The van der Waals surface area contributed by atoms with E-state index in [1.807, 2.05) is 0 Å². The molecule has 1 aromatic rings. The molecule has 1 aromatic heterocycles. The van der Waals surface area contributed by atoms with Crippen molar-refractivity contribution in [2.45, 2.75) is 31.6 Å². The van der Waals surface area contributed by atoms with Crippen molar-refractivity contribution in [3.8, 4) is 5.88 Å². The molecule has 17 heavy (non-hydrogen) atoms. The van der Waals surface area contributed by atoms with Gasteiger partial charge in [0, 0.05) is 30.7 Å². The molecule has 0 bridgehead atoms. The Kier molecular flexibility index (Phi) is 4.42. The van der Waals surface area contributed by atoms with Crippen molar-refractivity contribution in [1.82, 2.24) is 9.97 Å². The molecule has 1 aliphatic rings. The molecule has 94 valence electrons. The molecule has 0 unspecified atom stereocenters. The minimum atomic E-state index is 0.297. The number of halogens is 1. The highest BCUT2D eigenvalue weighted by Gasteiger charge is 2.19. The van der Waals surface area contributed by atoms with Crippen LogP contribution in [0.2, 0.25) is 0 Å². The van der Waals surface area contributed by atoms with Gasteiger partial charge < -0.3 is 9.64 Å². The van der Waals surface area contributed by atoms with Gasteiger partial charge in [-0.05, 0) is 19.3 Å². The lowest BCUT2D eigenvalue weighted by atomic mass is 10.1. The molecule has 5 heteroatoms. The van der Waals surface area contributed by atoms with E-state index in [2.05, 4.69) is 21.8 Å². The van der Waals surface area contributed by atoms with Gasteiger partial charge in [0.25, 0.3) is 0 Å². The first kappa shape index (κ1) is 12.4. The number of hydrogen-bond donors (Lipinski definition) is 0. The summed E-state index contributed by atoms with van der Waals surface area (Å²) in [5, 5.41) is 0.297. The zero-order valence-corrected chi connectivity index (χ0v) is 10.9. The average Bonchev–Trinajstić information content (AvgIpc) is 2.37. The monoisotopic (exact) mass is 255 g/mol. The van der Waals surface area contributed by atoms with Gasteiger partial charge in [-0.3, -0.25) is 0 Å². The number of nitrogens with zero attached hydrogens (tertiary/aromatic N) is 3. The van der Waals surface area contributed by atoms with Crippen molar-refractivity contribution in [3.05, 3.63) is 12.3 Å². The molecule has 1 saturated heterocycles. The van der Waals surface area contributed by atoms with Gasteiger partial charge >= 0.3 is 0 Å². The van der Waals surface area contributed by atoms with Crippen LogP contribution in [-0.4, -0.2) is 35.0 Å². The number of piperidine rings is 1. The quantitative estimate of drug-likeness (QED) is 0.775. The second-order valence-electron chi connectivity index (χ2n) is 4.21. The van der Waals surface area contributed by atoms with E-state index in [0.717, 1.165) is 38.3 Å². The molecule has 4 nitrogen and oxygen atoms in total. The predicted molar refractivity (Wildman–Crippen MR) is 68.9 cm³/mol. The smallest absolute Gasteiger partial charge is 0.228 e. The second-order valence-corrected chi connectivity index (χ2v) is 4.82. The van der Waals surface area contributed by atoms with Crippen LogP contribution in [-0.2, 0) is 0 Å². The van der Waals surface area contributed by atoms with Crippen LogP contribution in [0, 0.1) is 0 Å². The lowest BCUT2D eigenvalue weighted by Crippen LogP contribution is -2.35. The summed E-state index contributed by atoms with van der Waals surface area (Å²) in [6.07, 6.45) is 4.72. The van der Waals surface area contributed by atoms with E-state index in [1.165, 1.54) is 0 Å². The molecular weight excluding hydrogens is 238 g/mol. The van der Waals surface area contributed by atoms with Crippen LogP contribution in [0.4, 0.5) is 5.95 Å². The summed E-state index contributed by atoms with van der Waals surface area (Å²) in [6.45, 7) is 4.62. The Morgan fingerprint density at radius 2 is 2.24 bits per heavy atom. The third kappa shape index (κ3) is 3.46. The fourth-order valence-electron chi connectivity index (χ4n) is 1.82. The Hall–Kier alpha value is -1.03. The first-order valence-electron chi connectivity index (χ1n) is 6.14. The SMILES string of the molecule is CCCOc1ccnc(N2CCC(Cl)CC2)n1. The van der Waals surface area contributed by atoms with Gasteiger partial charge in [-0.2, -0.15) is 4.98 Å². The first-order chi connectivity index (χ1) is 8.29. The van der Waals surface area contributed by atoms with Crippen molar-refractivity contribution in [2.24, 2.45) is 0 Å². The summed E-state index contributed by atoms with van der Waals surface area (Å²) in [5.41, 5.74) is 0. The molecule has 0 N–H and O–H groups in total. The normalized spacial score (nSPS) is 17.2. The lowest BCUT2D eigenvalue weighted by Gasteiger charge is -2.29. The Labute approximate surface area is 107 Å². The Morgan fingerprint density at radius 3 is 2.94 bits per heavy atom. The van der Waals surface area contributed by atoms with E-state index in [4.69, 9.17) is 16.3 Å². The number of hydrogen-bond acceptors (Lipinski definition) is 4. The minimum Gasteiger partial charge on any atom is -0.478 e. The molecule has 0 atom stereocenters. The third-order valence-electron chi connectivity index (χ3n) is 2.78. The summed E-state index contributed by atoms with van der Waals surface area (Å²) in [7, 11) is 0. The Morgan fingerprint density at radius 1 is 1.47 bits per heavy atom. The largest absolute Gasteiger partial charge is 0.478 e. The molecule has 1 fully saturated rings. The standard InChI is InChI=1S/C12H18ClN3O/c1-2-9-17-11-3-6-14-12(15-11)16-7-4-10(13)5-8-16/h3,6,10H,2,4-5,7-9H2,1H3. The molecule has 0 radical (unpaired) electrons. The number of alkyl halides is 1. The van der Waals surface area contributed by atoms with Gasteiger partial charge in [-0.15, -0.1) is 11.6 Å².